The van der Waals surface area contributed by atoms with Crippen molar-refractivity contribution in [1.29, 1.82) is 0 Å². The van der Waals surface area contributed by atoms with E-state index in [0.29, 0.717) is 10.8 Å². The molecule has 3 rings (SSSR count). The van der Waals surface area contributed by atoms with E-state index in [0.717, 1.165) is 21.9 Å². The summed E-state index contributed by atoms with van der Waals surface area (Å²) >= 11 is 1.36. The molecule has 0 atom stereocenters. The maximum atomic E-state index is 12.4. The van der Waals surface area contributed by atoms with Gasteiger partial charge in [0.1, 0.15) is 23.7 Å². The quantitative estimate of drug-likeness (QED) is 0.500. The van der Waals surface area contributed by atoms with E-state index >= 15 is 0 Å². The molecule has 1 amide bonds. The Hall–Kier alpha value is -3.27. The molecular formula is C18H19N5O4S. The highest BCUT2D eigenvalue weighted by Crippen LogP contribution is 2.31. The van der Waals surface area contributed by atoms with Crippen LogP contribution in [0.15, 0.2) is 24.3 Å². The second kappa shape index (κ2) is 7.77. The Morgan fingerprint density at radius 3 is 2.54 bits per heavy atom. The van der Waals surface area contributed by atoms with Gasteiger partial charge in [-0.05, 0) is 45.0 Å². The van der Waals surface area contributed by atoms with Gasteiger partial charge >= 0.3 is 5.69 Å². The number of carbonyl (C=O) groups is 1. The van der Waals surface area contributed by atoms with Gasteiger partial charge in [0.05, 0.1) is 17.7 Å². The van der Waals surface area contributed by atoms with Crippen LogP contribution in [0.1, 0.15) is 16.3 Å². The lowest BCUT2D eigenvalue weighted by molar-refractivity contribution is -0.386. The summed E-state index contributed by atoms with van der Waals surface area (Å²) in [7, 11) is 1.61. The first-order valence-electron chi connectivity index (χ1n) is 8.40. The molecule has 0 radical (unpaired) electrons. The molecule has 28 heavy (non-hydrogen) atoms. The Labute approximate surface area is 165 Å². The van der Waals surface area contributed by atoms with E-state index in [1.807, 2.05) is 31.2 Å². The molecule has 1 aromatic carbocycles. The second-order valence-electron chi connectivity index (χ2n) is 6.13. The second-order valence-corrected chi connectivity index (χ2v) is 7.34. The van der Waals surface area contributed by atoms with Gasteiger partial charge in [-0.15, -0.1) is 11.3 Å². The summed E-state index contributed by atoms with van der Waals surface area (Å²) in [5.74, 6) is 0.402. The number of methoxy groups -OCH3 is 1. The number of nitro groups is 1. The van der Waals surface area contributed by atoms with Crippen molar-refractivity contribution in [2.24, 2.45) is 0 Å². The van der Waals surface area contributed by atoms with Gasteiger partial charge in [-0.25, -0.2) is 4.98 Å². The molecule has 0 bridgehead atoms. The lowest BCUT2D eigenvalue weighted by Gasteiger charge is -2.04. The Morgan fingerprint density at radius 1 is 1.29 bits per heavy atom. The number of hydrogen-bond donors (Lipinski definition) is 1. The van der Waals surface area contributed by atoms with Crippen LogP contribution in [0.5, 0.6) is 5.75 Å². The fourth-order valence-electron chi connectivity index (χ4n) is 2.87. The molecular weight excluding hydrogens is 382 g/mol. The van der Waals surface area contributed by atoms with E-state index in [9.17, 15) is 14.9 Å². The molecule has 0 aliphatic heterocycles. The van der Waals surface area contributed by atoms with Crippen LogP contribution in [0.3, 0.4) is 0 Å². The van der Waals surface area contributed by atoms with Crippen molar-refractivity contribution in [3.63, 3.8) is 0 Å². The Bertz CT molecular complexity index is 1040. The third-order valence-electron chi connectivity index (χ3n) is 4.23. The molecule has 0 aliphatic rings. The molecule has 0 spiro atoms. The summed E-state index contributed by atoms with van der Waals surface area (Å²) in [4.78, 5) is 28.4. The fourth-order valence-corrected chi connectivity index (χ4v) is 3.72. The summed E-state index contributed by atoms with van der Waals surface area (Å²) in [6.45, 7) is 4.92. The van der Waals surface area contributed by atoms with Crippen molar-refractivity contribution in [1.82, 2.24) is 14.8 Å². The van der Waals surface area contributed by atoms with Crippen LogP contribution in [0, 0.1) is 30.9 Å². The standard InChI is InChI=1S/C18H19N5O4S/c1-10-17(23(25)26)11(2)22(21-10)9-15(24)19-18-20-16(12(3)28-18)13-5-7-14(27-4)8-6-13/h5-8H,9H2,1-4H3,(H,19,20,24). The minimum atomic E-state index is -0.489. The Morgan fingerprint density at radius 2 is 1.96 bits per heavy atom. The van der Waals surface area contributed by atoms with Crippen LogP contribution in [-0.4, -0.2) is 32.7 Å². The summed E-state index contributed by atoms with van der Waals surface area (Å²) in [6, 6.07) is 7.51. The highest BCUT2D eigenvalue weighted by Gasteiger charge is 2.23. The van der Waals surface area contributed by atoms with Crippen molar-refractivity contribution in [2.75, 3.05) is 12.4 Å². The molecule has 0 fully saturated rings. The zero-order valence-electron chi connectivity index (χ0n) is 15.8. The molecule has 0 aliphatic carbocycles. The van der Waals surface area contributed by atoms with Gasteiger partial charge in [0, 0.05) is 10.4 Å². The van der Waals surface area contributed by atoms with E-state index in [-0.39, 0.29) is 23.8 Å². The zero-order valence-corrected chi connectivity index (χ0v) is 16.7. The van der Waals surface area contributed by atoms with Crippen molar-refractivity contribution >= 4 is 28.1 Å². The number of benzene rings is 1. The normalized spacial score (nSPS) is 10.7. The van der Waals surface area contributed by atoms with E-state index in [4.69, 9.17) is 4.74 Å². The predicted molar refractivity (Wildman–Crippen MR) is 106 cm³/mol. The molecule has 10 heteroatoms. The number of amides is 1. The minimum Gasteiger partial charge on any atom is -0.497 e. The highest BCUT2D eigenvalue weighted by atomic mass is 32.1. The Kier molecular flexibility index (Phi) is 5.41. The van der Waals surface area contributed by atoms with Gasteiger partial charge in [-0.3, -0.25) is 19.6 Å². The molecule has 0 saturated heterocycles. The van der Waals surface area contributed by atoms with Gasteiger partial charge in [-0.1, -0.05) is 0 Å². The molecule has 146 valence electrons. The van der Waals surface area contributed by atoms with Crippen molar-refractivity contribution in [3.05, 3.63) is 50.6 Å². The van der Waals surface area contributed by atoms with Crippen molar-refractivity contribution in [2.45, 2.75) is 27.3 Å². The number of aryl methyl sites for hydroxylation is 2. The number of hydrogen-bond acceptors (Lipinski definition) is 7. The SMILES string of the molecule is COc1ccc(-c2nc(NC(=O)Cn3nc(C)c([N+](=O)[O-])c3C)sc2C)cc1. The van der Waals surface area contributed by atoms with Crippen LogP contribution in [-0.2, 0) is 11.3 Å². The third-order valence-corrected chi connectivity index (χ3v) is 5.11. The largest absolute Gasteiger partial charge is 0.497 e. The number of anilines is 1. The maximum Gasteiger partial charge on any atom is 0.312 e. The van der Waals surface area contributed by atoms with Crippen LogP contribution < -0.4 is 10.1 Å². The predicted octanol–water partition coefficient (Wildman–Crippen LogP) is 3.49. The summed E-state index contributed by atoms with van der Waals surface area (Å²) in [5, 5.41) is 18.4. The summed E-state index contributed by atoms with van der Waals surface area (Å²) < 4.78 is 6.49. The van der Waals surface area contributed by atoms with Gasteiger partial charge in [-0.2, -0.15) is 5.10 Å². The van der Waals surface area contributed by atoms with E-state index in [1.165, 1.54) is 16.0 Å². The number of nitrogens with one attached hydrogen (secondary N) is 1. The van der Waals surface area contributed by atoms with Crippen molar-refractivity contribution < 1.29 is 14.5 Å². The topological polar surface area (TPSA) is 112 Å². The average molecular weight is 401 g/mol. The summed E-state index contributed by atoms with van der Waals surface area (Å²) in [5.41, 5.74) is 2.25. The number of ether oxygens (including phenoxy) is 1. The van der Waals surface area contributed by atoms with E-state index < -0.39 is 4.92 Å². The zero-order chi connectivity index (χ0) is 20.4. The number of carbonyl (C=O) groups excluding carboxylic acids is 1. The smallest absolute Gasteiger partial charge is 0.312 e. The van der Waals surface area contributed by atoms with Gasteiger partial charge in [0.2, 0.25) is 5.91 Å². The van der Waals surface area contributed by atoms with Gasteiger partial charge in [0.25, 0.3) is 0 Å². The van der Waals surface area contributed by atoms with E-state index in [1.54, 1.807) is 21.0 Å². The minimum absolute atomic E-state index is 0.0697. The summed E-state index contributed by atoms with van der Waals surface area (Å²) in [6.07, 6.45) is 0. The molecule has 0 saturated carbocycles. The van der Waals surface area contributed by atoms with Crippen LogP contribution in [0.2, 0.25) is 0 Å². The first kappa shape index (κ1) is 19.5. The Balaban J connectivity index is 1.75. The number of nitrogens with zero attached hydrogens (tertiary/aromatic N) is 4. The average Bonchev–Trinajstić information content (AvgIpc) is 3.13. The monoisotopic (exact) mass is 401 g/mol. The first-order chi connectivity index (χ1) is 13.3. The maximum absolute atomic E-state index is 12.4. The van der Waals surface area contributed by atoms with Crippen LogP contribution in [0.25, 0.3) is 11.3 Å². The van der Waals surface area contributed by atoms with E-state index in [2.05, 4.69) is 15.4 Å². The third kappa shape index (κ3) is 3.86. The molecule has 3 aromatic rings. The van der Waals surface area contributed by atoms with Crippen LogP contribution >= 0.6 is 11.3 Å². The molecule has 2 aromatic heterocycles. The molecule has 1 N–H and O–H groups in total. The van der Waals surface area contributed by atoms with Crippen molar-refractivity contribution in [3.8, 4) is 17.0 Å². The van der Waals surface area contributed by atoms with Gasteiger partial charge in [0.15, 0.2) is 5.13 Å². The lowest BCUT2D eigenvalue weighted by atomic mass is 10.1. The number of aromatic nitrogens is 3. The number of rotatable bonds is 6. The first-order valence-corrected chi connectivity index (χ1v) is 9.22. The fraction of sp³-hybridized carbons (Fsp3) is 0.278. The molecule has 9 nitrogen and oxygen atoms in total. The number of thiazole rings is 1. The molecule has 2 heterocycles. The lowest BCUT2D eigenvalue weighted by Crippen LogP contribution is -2.20. The highest BCUT2D eigenvalue weighted by molar-refractivity contribution is 7.16. The van der Waals surface area contributed by atoms with Gasteiger partial charge < -0.3 is 10.1 Å². The molecule has 0 unspecified atom stereocenters. The van der Waals surface area contributed by atoms with Crippen LogP contribution in [0.4, 0.5) is 10.8 Å².